The first kappa shape index (κ1) is 15.0. The fraction of sp³-hybridized carbons (Fsp3) is 0.364. The Morgan fingerprint density at radius 3 is 2.33 bits per heavy atom. The Hall–Kier alpha value is -1.08. The Kier molecular flexibility index (Phi) is 4.07. The van der Waals surface area contributed by atoms with E-state index in [-0.39, 0.29) is 11.3 Å². The second-order valence-corrected chi connectivity index (χ2v) is 8.06. The lowest BCUT2D eigenvalue weighted by Gasteiger charge is -2.21. The fourth-order valence-corrected chi connectivity index (χ4v) is 2.21. The van der Waals surface area contributed by atoms with Gasteiger partial charge in [-0.1, -0.05) is 15.9 Å². The van der Waals surface area contributed by atoms with Gasteiger partial charge in [-0.25, -0.2) is 13.2 Å². The molecular formula is C11H14BrNO4S. The van der Waals surface area contributed by atoms with E-state index in [0.717, 1.165) is 0 Å². The molecule has 1 aromatic rings. The highest BCUT2D eigenvalue weighted by atomic mass is 79.9. The molecule has 0 radical (unpaired) electrons. The van der Waals surface area contributed by atoms with Crippen LogP contribution in [0, 0.1) is 0 Å². The van der Waals surface area contributed by atoms with Crippen LogP contribution in [-0.4, -0.2) is 24.2 Å². The summed E-state index contributed by atoms with van der Waals surface area (Å²) in [5.41, 5.74) is -0.0437. The highest BCUT2D eigenvalue weighted by Gasteiger charge is 2.30. The smallest absolute Gasteiger partial charge is 0.337 e. The lowest BCUT2D eigenvalue weighted by atomic mass is 10.2. The number of hydrogen-bond acceptors (Lipinski definition) is 3. The van der Waals surface area contributed by atoms with E-state index in [9.17, 15) is 13.2 Å². The Morgan fingerprint density at radius 1 is 1.33 bits per heavy atom. The van der Waals surface area contributed by atoms with Gasteiger partial charge in [-0.3, -0.25) is 4.72 Å². The maximum Gasteiger partial charge on any atom is 0.337 e. The molecule has 1 rings (SSSR count). The first-order valence-corrected chi connectivity index (χ1v) is 7.37. The summed E-state index contributed by atoms with van der Waals surface area (Å²) in [6.07, 6.45) is 0. The molecule has 0 saturated carbocycles. The normalized spacial score (nSPS) is 12.2. The van der Waals surface area contributed by atoms with Crippen molar-refractivity contribution in [2.24, 2.45) is 0 Å². The summed E-state index contributed by atoms with van der Waals surface area (Å²) in [5, 5.41) is 9.01. The minimum Gasteiger partial charge on any atom is -0.478 e. The summed E-state index contributed by atoms with van der Waals surface area (Å²) in [5.74, 6) is -1.19. The van der Waals surface area contributed by atoms with Gasteiger partial charge in [0.15, 0.2) is 0 Å². The van der Waals surface area contributed by atoms with Crippen LogP contribution in [0.25, 0.3) is 0 Å². The zero-order valence-corrected chi connectivity index (χ0v) is 12.6. The summed E-state index contributed by atoms with van der Waals surface area (Å²) in [6.45, 7) is 4.61. The molecule has 0 atom stereocenters. The molecule has 2 N–H and O–H groups in total. The molecule has 100 valence electrons. The van der Waals surface area contributed by atoms with Gasteiger partial charge in [-0.2, -0.15) is 0 Å². The topological polar surface area (TPSA) is 83.5 Å². The average Bonchev–Trinajstić information content (AvgIpc) is 2.14. The van der Waals surface area contributed by atoms with Crippen molar-refractivity contribution in [3.8, 4) is 0 Å². The third kappa shape index (κ3) is 3.23. The van der Waals surface area contributed by atoms with Crippen LogP contribution in [0.2, 0.25) is 0 Å². The predicted molar refractivity (Wildman–Crippen MR) is 73.4 cm³/mol. The van der Waals surface area contributed by atoms with E-state index in [4.69, 9.17) is 5.11 Å². The van der Waals surface area contributed by atoms with E-state index >= 15 is 0 Å². The highest BCUT2D eigenvalue weighted by Crippen LogP contribution is 2.25. The van der Waals surface area contributed by atoms with Crippen LogP contribution in [0.5, 0.6) is 0 Å². The number of anilines is 1. The van der Waals surface area contributed by atoms with Gasteiger partial charge in [0, 0.05) is 4.47 Å². The van der Waals surface area contributed by atoms with Crippen LogP contribution in [0.3, 0.4) is 0 Å². The number of benzene rings is 1. The van der Waals surface area contributed by atoms with Crippen LogP contribution < -0.4 is 4.72 Å². The summed E-state index contributed by atoms with van der Waals surface area (Å²) in [7, 11) is -3.66. The van der Waals surface area contributed by atoms with Gasteiger partial charge in [-0.15, -0.1) is 0 Å². The molecule has 1 aromatic carbocycles. The SMILES string of the molecule is CC(C)(C)S(=O)(=O)Nc1cc(Br)ccc1C(=O)O. The minimum atomic E-state index is -3.66. The first-order chi connectivity index (χ1) is 8.04. The van der Waals surface area contributed by atoms with Crippen molar-refractivity contribution >= 4 is 37.6 Å². The number of halogens is 1. The monoisotopic (exact) mass is 335 g/mol. The van der Waals surface area contributed by atoms with E-state index in [2.05, 4.69) is 20.7 Å². The molecular weight excluding hydrogens is 322 g/mol. The quantitative estimate of drug-likeness (QED) is 0.889. The van der Waals surface area contributed by atoms with Crippen molar-refractivity contribution in [3.63, 3.8) is 0 Å². The van der Waals surface area contributed by atoms with Crippen LogP contribution in [0.15, 0.2) is 22.7 Å². The Morgan fingerprint density at radius 2 is 1.89 bits per heavy atom. The summed E-state index contributed by atoms with van der Waals surface area (Å²) in [6, 6.07) is 4.30. The van der Waals surface area contributed by atoms with E-state index in [1.165, 1.54) is 32.9 Å². The van der Waals surface area contributed by atoms with Gasteiger partial charge in [0.25, 0.3) is 0 Å². The molecule has 0 spiro atoms. The average molecular weight is 336 g/mol. The van der Waals surface area contributed by atoms with Crippen molar-refractivity contribution in [2.75, 3.05) is 4.72 Å². The number of carboxylic acids is 1. The number of hydrogen-bond donors (Lipinski definition) is 2. The van der Waals surface area contributed by atoms with Crippen LogP contribution >= 0.6 is 15.9 Å². The van der Waals surface area contributed by atoms with Crippen molar-refractivity contribution in [2.45, 2.75) is 25.5 Å². The third-order valence-corrected chi connectivity index (χ3v) is 4.86. The lowest BCUT2D eigenvalue weighted by molar-refractivity contribution is 0.0698. The molecule has 0 heterocycles. The summed E-state index contributed by atoms with van der Waals surface area (Å²) in [4.78, 5) is 11.0. The van der Waals surface area contributed by atoms with E-state index in [0.29, 0.717) is 4.47 Å². The maximum atomic E-state index is 12.0. The van der Waals surface area contributed by atoms with Crippen LogP contribution in [0.4, 0.5) is 5.69 Å². The van der Waals surface area contributed by atoms with E-state index < -0.39 is 20.7 Å². The number of sulfonamides is 1. The second kappa shape index (κ2) is 4.89. The molecule has 5 nitrogen and oxygen atoms in total. The molecule has 0 fully saturated rings. The predicted octanol–water partition coefficient (Wildman–Crippen LogP) is 2.69. The van der Waals surface area contributed by atoms with Gasteiger partial charge < -0.3 is 5.11 Å². The number of rotatable bonds is 3. The number of carboxylic acid groups (broad SMARTS) is 1. The zero-order chi connectivity index (χ0) is 14.1. The second-order valence-electron chi connectivity index (χ2n) is 4.71. The minimum absolute atomic E-state index is 0.0480. The maximum absolute atomic E-state index is 12.0. The highest BCUT2D eigenvalue weighted by molar-refractivity contribution is 9.10. The molecule has 0 unspecified atom stereocenters. The third-order valence-electron chi connectivity index (χ3n) is 2.26. The van der Waals surface area contributed by atoms with Gasteiger partial charge in [0.05, 0.1) is 16.0 Å². The Bertz CT molecular complexity index is 575. The molecule has 0 saturated heterocycles. The first-order valence-electron chi connectivity index (χ1n) is 5.10. The van der Waals surface area contributed by atoms with Gasteiger partial charge >= 0.3 is 5.97 Å². The number of carbonyl (C=O) groups is 1. The van der Waals surface area contributed by atoms with Crippen molar-refractivity contribution in [1.82, 2.24) is 0 Å². The molecule has 0 aliphatic rings. The summed E-state index contributed by atoms with van der Waals surface area (Å²) < 4.78 is 25.9. The fourth-order valence-electron chi connectivity index (χ4n) is 1.09. The van der Waals surface area contributed by atoms with Gasteiger partial charge in [-0.05, 0) is 39.0 Å². The Balaban J connectivity index is 3.27. The van der Waals surface area contributed by atoms with Crippen molar-refractivity contribution < 1.29 is 18.3 Å². The van der Waals surface area contributed by atoms with E-state index in [1.54, 1.807) is 6.07 Å². The van der Waals surface area contributed by atoms with Crippen molar-refractivity contribution in [1.29, 1.82) is 0 Å². The largest absolute Gasteiger partial charge is 0.478 e. The van der Waals surface area contributed by atoms with Gasteiger partial charge in [0.1, 0.15) is 0 Å². The van der Waals surface area contributed by atoms with Crippen LogP contribution in [-0.2, 0) is 10.0 Å². The molecule has 7 heteroatoms. The van der Waals surface area contributed by atoms with E-state index in [1.807, 2.05) is 0 Å². The molecule has 0 amide bonds. The lowest BCUT2D eigenvalue weighted by Crippen LogP contribution is -2.34. The number of nitrogens with one attached hydrogen (secondary N) is 1. The molecule has 0 aliphatic carbocycles. The molecule has 0 aliphatic heterocycles. The number of aromatic carboxylic acids is 1. The summed E-state index contributed by atoms with van der Waals surface area (Å²) >= 11 is 3.18. The van der Waals surface area contributed by atoms with Crippen molar-refractivity contribution in [3.05, 3.63) is 28.2 Å². The van der Waals surface area contributed by atoms with Crippen LogP contribution in [0.1, 0.15) is 31.1 Å². The molecule has 0 aromatic heterocycles. The standard InChI is InChI=1S/C11H14BrNO4S/c1-11(2,3)18(16,17)13-9-6-7(12)4-5-8(9)10(14)15/h4-6,13H,1-3H3,(H,14,15). The van der Waals surface area contributed by atoms with Gasteiger partial charge in [0.2, 0.25) is 10.0 Å². The zero-order valence-electron chi connectivity index (χ0n) is 10.2. The molecule has 18 heavy (non-hydrogen) atoms. The Labute approximate surface area is 114 Å². The molecule has 0 bridgehead atoms.